The van der Waals surface area contributed by atoms with E-state index >= 15 is 0 Å². The zero-order valence-corrected chi connectivity index (χ0v) is 16.0. The topological polar surface area (TPSA) is 41.6 Å². The summed E-state index contributed by atoms with van der Waals surface area (Å²) in [6.45, 7) is 10.6. The molecule has 1 fully saturated rings. The maximum Gasteiger partial charge on any atom is 0.225 e. The van der Waals surface area contributed by atoms with Crippen molar-refractivity contribution in [3.63, 3.8) is 0 Å². The Hall–Kier alpha value is -1.26. The third-order valence-corrected chi connectivity index (χ3v) is 4.55. The van der Waals surface area contributed by atoms with E-state index in [2.05, 4.69) is 25.2 Å². The number of rotatable bonds is 7. The number of nitrogens with one attached hydrogen (secondary N) is 1. The Balaban J connectivity index is 0.00000288. The number of ether oxygens (including phenoxy) is 1. The highest BCUT2D eigenvalue weighted by Crippen LogP contribution is 2.20. The van der Waals surface area contributed by atoms with Crippen LogP contribution in [-0.2, 0) is 4.79 Å². The number of carbonyl (C=O) groups is 1. The molecule has 4 nitrogen and oxygen atoms in total. The van der Waals surface area contributed by atoms with Crippen molar-refractivity contribution in [3.05, 3.63) is 29.3 Å². The van der Waals surface area contributed by atoms with Crippen LogP contribution in [0.3, 0.4) is 0 Å². The van der Waals surface area contributed by atoms with Gasteiger partial charge in [0.05, 0.1) is 13.0 Å². The summed E-state index contributed by atoms with van der Waals surface area (Å²) in [5, 5.41) is 3.40. The molecular formula is C19H31ClN2O2. The number of hydrogen-bond donors (Lipinski definition) is 1. The van der Waals surface area contributed by atoms with Gasteiger partial charge < -0.3 is 15.0 Å². The lowest BCUT2D eigenvalue weighted by atomic mass is 9.96. The smallest absolute Gasteiger partial charge is 0.225 e. The third-order valence-electron chi connectivity index (χ3n) is 4.55. The van der Waals surface area contributed by atoms with Crippen molar-refractivity contribution in [1.29, 1.82) is 0 Å². The van der Waals surface area contributed by atoms with Gasteiger partial charge in [0.1, 0.15) is 5.75 Å². The number of hydrogen-bond acceptors (Lipinski definition) is 3. The van der Waals surface area contributed by atoms with Gasteiger partial charge in [-0.2, -0.15) is 0 Å². The van der Waals surface area contributed by atoms with E-state index in [4.69, 9.17) is 4.74 Å². The Labute approximate surface area is 152 Å². The Morgan fingerprint density at radius 2 is 2.00 bits per heavy atom. The Kier molecular flexibility index (Phi) is 9.16. The molecule has 0 aromatic heterocycles. The van der Waals surface area contributed by atoms with Gasteiger partial charge in [0, 0.05) is 13.1 Å². The minimum atomic E-state index is 0. The molecule has 136 valence electrons. The van der Waals surface area contributed by atoms with Crippen molar-refractivity contribution in [2.24, 2.45) is 5.92 Å². The van der Waals surface area contributed by atoms with Crippen molar-refractivity contribution in [1.82, 2.24) is 10.2 Å². The van der Waals surface area contributed by atoms with Crippen LogP contribution in [0, 0.1) is 19.8 Å². The van der Waals surface area contributed by atoms with Gasteiger partial charge in [0.2, 0.25) is 5.91 Å². The lowest BCUT2D eigenvalue weighted by molar-refractivity contribution is -0.133. The summed E-state index contributed by atoms with van der Waals surface area (Å²) in [7, 11) is 0. The van der Waals surface area contributed by atoms with Crippen LogP contribution in [0.15, 0.2) is 18.2 Å². The van der Waals surface area contributed by atoms with Crippen LogP contribution in [0.4, 0.5) is 0 Å². The molecule has 24 heavy (non-hydrogen) atoms. The molecule has 1 N–H and O–H groups in total. The highest BCUT2D eigenvalue weighted by molar-refractivity contribution is 5.85. The Morgan fingerprint density at radius 3 is 2.62 bits per heavy atom. The zero-order valence-electron chi connectivity index (χ0n) is 15.1. The first-order valence-corrected chi connectivity index (χ1v) is 8.78. The van der Waals surface area contributed by atoms with E-state index in [1.165, 1.54) is 5.56 Å². The van der Waals surface area contributed by atoms with Crippen LogP contribution in [0.5, 0.6) is 5.75 Å². The summed E-state index contributed by atoms with van der Waals surface area (Å²) in [5.41, 5.74) is 2.35. The second-order valence-corrected chi connectivity index (χ2v) is 6.50. The first-order chi connectivity index (χ1) is 11.1. The quantitative estimate of drug-likeness (QED) is 0.816. The summed E-state index contributed by atoms with van der Waals surface area (Å²) >= 11 is 0. The van der Waals surface area contributed by atoms with Crippen LogP contribution in [0.25, 0.3) is 0 Å². The average molecular weight is 355 g/mol. The number of nitrogens with zero attached hydrogens (tertiary/aromatic N) is 1. The number of halogens is 1. The first-order valence-electron chi connectivity index (χ1n) is 8.78. The number of piperidine rings is 1. The third kappa shape index (κ3) is 6.33. The van der Waals surface area contributed by atoms with Gasteiger partial charge >= 0.3 is 0 Å². The van der Waals surface area contributed by atoms with E-state index in [0.717, 1.165) is 50.3 Å². The highest BCUT2D eigenvalue weighted by Gasteiger charge is 2.22. The van der Waals surface area contributed by atoms with E-state index in [-0.39, 0.29) is 18.3 Å². The summed E-state index contributed by atoms with van der Waals surface area (Å²) < 4.78 is 5.77. The molecule has 1 aliphatic heterocycles. The van der Waals surface area contributed by atoms with Crippen molar-refractivity contribution >= 4 is 18.3 Å². The SMILES string of the molecule is CCNCC1CCN(C(=O)CCOc2ccc(C)cc2C)CC1.Cl. The number of aryl methyl sites for hydroxylation is 2. The number of carbonyl (C=O) groups excluding carboxylic acids is 1. The van der Waals surface area contributed by atoms with Crippen LogP contribution in [0.2, 0.25) is 0 Å². The molecule has 1 amide bonds. The predicted molar refractivity (Wildman–Crippen MR) is 101 cm³/mol. The lowest BCUT2D eigenvalue weighted by Crippen LogP contribution is -2.41. The van der Waals surface area contributed by atoms with Crippen LogP contribution in [-0.4, -0.2) is 43.6 Å². The molecule has 1 aliphatic rings. The minimum Gasteiger partial charge on any atom is -0.493 e. The van der Waals surface area contributed by atoms with Gasteiger partial charge in [-0.15, -0.1) is 12.4 Å². The number of amides is 1. The van der Waals surface area contributed by atoms with Gasteiger partial charge in [-0.3, -0.25) is 4.79 Å². The number of benzene rings is 1. The largest absolute Gasteiger partial charge is 0.493 e. The van der Waals surface area contributed by atoms with Gasteiger partial charge in [-0.05, 0) is 57.3 Å². The molecule has 1 saturated heterocycles. The van der Waals surface area contributed by atoms with E-state index in [0.29, 0.717) is 18.9 Å². The second kappa shape index (κ2) is 10.6. The van der Waals surface area contributed by atoms with Gasteiger partial charge in [-0.1, -0.05) is 24.6 Å². The molecule has 0 aliphatic carbocycles. The molecule has 0 bridgehead atoms. The fourth-order valence-corrected chi connectivity index (χ4v) is 3.10. The number of likely N-dealkylation sites (tertiary alicyclic amines) is 1. The predicted octanol–water partition coefficient (Wildman–Crippen LogP) is 3.34. The van der Waals surface area contributed by atoms with Crippen LogP contribution >= 0.6 is 12.4 Å². The van der Waals surface area contributed by atoms with Gasteiger partial charge in [-0.25, -0.2) is 0 Å². The molecule has 0 radical (unpaired) electrons. The summed E-state index contributed by atoms with van der Waals surface area (Å²) in [6, 6.07) is 6.13. The second-order valence-electron chi connectivity index (χ2n) is 6.50. The summed E-state index contributed by atoms with van der Waals surface area (Å²) in [4.78, 5) is 14.3. The maximum atomic E-state index is 12.3. The molecule has 1 aromatic carbocycles. The first kappa shape index (κ1) is 20.8. The Morgan fingerprint density at radius 1 is 1.29 bits per heavy atom. The summed E-state index contributed by atoms with van der Waals surface area (Å²) in [5.74, 6) is 1.81. The molecule has 1 aromatic rings. The van der Waals surface area contributed by atoms with Gasteiger partial charge in [0.25, 0.3) is 0 Å². The molecule has 0 spiro atoms. The normalized spacial score (nSPS) is 15.0. The zero-order chi connectivity index (χ0) is 16.7. The van der Waals surface area contributed by atoms with Crippen LogP contribution in [0.1, 0.15) is 37.3 Å². The highest BCUT2D eigenvalue weighted by atomic mass is 35.5. The fraction of sp³-hybridized carbons (Fsp3) is 0.632. The van der Waals surface area contributed by atoms with Crippen molar-refractivity contribution in [2.75, 3.05) is 32.8 Å². The van der Waals surface area contributed by atoms with E-state index in [1.807, 2.05) is 24.0 Å². The Bertz CT molecular complexity index is 514. The minimum absolute atomic E-state index is 0. The van der Waals surface area contributed by atoms with Gasteiger partial charge in [0.15, 0.2) is 0 Å². The molecule has 0 saturated carbocycles. The fourth-order valence-electron chi connectivity index (χ4n) is 3.10. The van der Waals surface area contributed by atoms with E-state index in [9.17, 15) is 4.79 Å². The van der Waals surface area contributed by atoms with E-state index in [1.54, 1.807) is 0 Å². The molecule has 5 heteroatoms. The van der Waals surface area contributed by atoms with Crippen LogP contribution < -0.4 is 10.1 Å². The monoisotopic (exact) mass is 354 g/mol. The molecular weight excluding hydrogens is 324 g/mol. The van der Waals surface area contributed by atoms with Crippen molar-refractivity contribution < 1.29 is 9.53 Å². The summed E-state index contributed by atoms with van der Waals surface area (Å²) in [6.07, 6.45) is 2.68. The maximum absolute atomic E-state index is 12.3. The van der Waals surface area contributed by atoms with E-state index < -0.39 is 0 Å². The molecule has 1 heterocycles. The lowest BCUT2D eigenvalue weighted by Gasteiger charge is -2.32. The molecule has 0 atom stereocenters. The van der Waals surface area contributed by atoms with Crippen molar-refractivity contribution in [2.45, 2.75) is 40.0 Å². The van der Waals surface area contributed by atoms with Crippen molar-refractivity contribution in [3.8, 4) is 5.75 Å². The molecule has 0 unspecified atom stereocenters. The average Bonchev–Trinajstić information content (AvgIpc) is 2.55. The molecule has 2 rings (SSSR count). The standard InChI is InChI=1S/C19H30N2O2.ClH/c1-4-20-14-17-7-10-21(11-8-17)19(22)9-12-23-18-6-5-15(2)13-16(18)3;/h5-6,13,17,20H,4,7-12,14H2,1-3H3;1H.